The number of fused-ring (bicyclic) bond motifs is 1. The van der Waals surface area contributed by atoms with Crippen LogP contribution in [-0.4, -0.2) is 52.7 Å². The SMILES string of the molecule is O=S(=O)(c1c(F)cccc1F)N1CCC(Nc2nccc(C3C(c4ccc(F)cc4)N=C4OC=CN43)n2)CC1. The molecule has 4 heterocycles. The second-order valence-corrected chi connectivity index (χ2v) is 11.2. The Hall–Kier alpha value is -3.97. The maximum atomic E-state index is 14.2. The van der Waals surface area contributed by atoms with Gasteiger partial charge in [-0.1, -0.05) is 18.2 Å². The molecule has 0 amide bonds. The number of aromatic nitrogens is 2. The van der Waals surface area contributed by atoms with Crippen LogP contribution in [0, 0.1) is 17.5 Å². The number of rotatable bonds is 6. The zero-order valence-electron chi connectivity index (χ0n) is 20.4. The fourth-order valence-electron chi connectivity index (χ4n) is 5.04. The first-order chi connectivity index (χ1) is 18.8. The Morgan fingerprint density at radius 3 is 2.41 bits per heavy atom. The van der Waals surface area contributed by atoms with Crippen molar-refractivity contribution < 1.29 is 26.3 Å². The topological polar surface area (TPSA) is 100 Å². The van der Waals surface area contributed by atoms with Crippen LogP contribution in [0.15, 0.2) is 77.1 Å². The fraction of sp³-hybridized carbons (Fsp3) is 0.269. The van der Waals surface area contributed by atoms with E-state index in [1.807, 2.05) is 4.90 Å². The minimum Gasteiger partial charge on any atom is -0.432 e. The average Bonchev–Trinajstić information content (AvgIpc) is 3.51. The lowest BCUT2D eigenvalue weighted by Gasteiger charge is -2.32. The number of halogens is 3. The molecule has 0 radical (unpaired) electrons. The molecule has 0 aliphatic carbocycles. The van der Waals surface area contributed by atoms with Crippen molar-refractivity contribution in [1.82, 2.24) is 19.2 Å². The van der Waals surface area contributed by atoms with E-state index in [-0.39, 0.29) is 37.0 Å². The summed E-state index contributed by atoms with van der Waals surface area (Å²) in [5.41, 5.74) is 1.46. The Morgan fingerprint density at radius 1 is 0.974 bits per heavy atom. The summed E-state index contributed by atoms with van der Waals surface area (Å²) in [6.07, 6.45) is 5.69. The molecule has 1 fully saturated rings. The smallest absolute Gasteiger partial charge is 0.298 e. The number of nitrogens with zero attached hydrogens (tertiary/aromatic N) is 5. The van der Waals surface area contributed by atoms with Gasteiger partial charge in [-0.3, -0.25) is 4.90 Å². The third kappa shape index (κ3) is 4.72. The summed E-state index contributed by atoms with van der Waals surface area (Å²) in [7, 11) is -4.32. The average molecular weight is 557 g/mol. The molecule has 3 aromatic rings. The van der Waals surface area contributed by atoms with Crippen molar-refractivity contribution in [2.45, 2.75) is 35.9 Å². The summed E-state index contributed by atoms with van der Waals surface area (Å²) in [5.74, 6) is -2.22. The minimum atomic E-state index is -4.32. The van der Waals surface area contributed by atoms with Gasteiger partial charge in [0.15, 0.2) is 4.90 Å². The Morgan fingerprint density at radius 2 is 1.69 bits per heavy atom. The quantitative estimate of drug-likeness (QED) is 0.488. The van der Waals surface area contributed by atoms with Gasteiger partial charge in [0.2, 0.25) is 16.0 Å². The Bertz CT molecular complexity index is 1540. The van der Waals surface area contributed by atoms with Crippen molar-refractivity contribution in [1.29, 1.82) is 0 Å². The molecule has 2 unspecified atom stereocenters. The molecule has 1 N–H and O–H groups in total. The zero-order valence-corrected chi connectivity index (χ0v) is 21.2. The van der Waals surface area contributed by atoms with Gasteiger partial charge in [0.1, 0.15) is 35.8 Å². The molecule has 13 heteroatoms. The summed E-state index contributed by atoms with van der Waals surface area (Å²) >= 11 is 0. The van der Waals surface area contributed by atoms with Gasteiger partial charge in [0.05, 0.1) is 5.69 Å². The molecule has 1 aromatic heterocycles. The first kappa shape index (κ1) is 25.3. The summed E-state index contributed by atoms with van der Waals surface area (Å²) in [5, 5.41) is 3.25. The highest BCUT2D eigenvalue weighted by atomic mass is 32.2. The largest absolute Gasteiger partial charge is 0.432 e. The zero-order chi connectivity index (χ0) is 27.1. The van der Waals surface area contributed by atoms with Gasteiger partial charge < -0.3 is 10.1 Å². The highest BCUT2D eigenvalue weighted by Crippen LogP contribution is 2.43. The van der Waals surface area contributed by atoms with Crippen LogP contribution in [0.2, 0.25) is 0 Å². The lowest BCUT2D eigenvalue weighted by Crippen LogP contribution is -2.43. The molecule has 0 bridgehead atoms. The van der Waals surface area contributed by atoms with E-state index in [0.717, 1.165) is 28.1 Å². The summed E-state index contributed by atoms with van der Waals surface area (Å²) in [6.45, 7) is 0.158. The first-order valence-corrected chi connectivity index (χ1v) is 13.7. The number of benzene rings is 2. The van der Waals surface area contributed by atoms with E-state index in [2.05, 4.69) is 15.3 Å². The predicted octanol–water partition coefficient (Wildman–Crippen LogP) is 4.11. The molecular weight excluding hydrogens is 533 g/mol. The molecule has 9 nitrogen and oxygen atoms in total. The highest BCUT2D eigenvalue weighted by Gasteiger charge is 2.41. The van der Waals surface area contributed by atoms with Gasteiger partial charge in [-0.25, -0.2) is 36.5 Å². The summed E-state index contributed by atoms with van der Waals surface area (Å²) in [4.78, 5) is 14.6. The van der Waals surface area contributed by atoms with E-state index in [1.54, 1.807) is 30.6 Å². The van der Waals surface area contributed by atoms with Gasteiger partial charge in [0, 0.05) is 31.5 Å². The minimum absolute atomic E-state index is 0.0792. The molecule has 2 aromatic carbocycles. The maximum Gasteiger partial charge on any atom is 0.298 e. The predicted molar refractivity (Wildman–Crippen MR) is 135 cm³/mol. The molecule has 0 spiro atoms. The summed E-state index contributed by atoms with van der Waals surface area (Å²) in [6, 6.07) is 10.4. The molecular formula is C26H23F3N6O3S. The second kappa shape index (κ2) is 9.97. The van der Waals surface area contributed by atoms with Crippen LogP contribution in [0.3, 0.4) is 0 Å². The number of nitrogens with one attached hydrogen (secondary N) is 1. The highest BCUT2D eigenvalue weighted by molar-refractivity contribution is 7.89. The van der Waals surface area contributed by atoms with Gasteiger partial charge in [0.25, 0.3) is 6.02 Å². The van der Waals surface area contributed by atoms with Crippen molar-refractivity contribution in [3.8, 4) is 0 Å². The number of amidine groups is 1. The number of sulfonamides is 1. The van der Waals surface area contributed by atoms with Gasteiger partial charge in [-0.15, -0.1) is 0 Å². The molecule has 3 aliphatic rings. The van der Waals surface area contributed by atoms with Gasteiger partial charge in [-0.2, -0.15) is 4.31 Å². The molecule has 39 heavy (non-hydrogen) atoms. The van der Waals surface area contributed by atoms with E-state index in [0.29, 0.717) is 30.5 Å². The normalized spacial score (nSPS) is 21.5. The molecule has 3 aliphatic heterocycles. The number of piperidine rings is 1. The Kier molecular flexibility index (Phi) is 6.47. The number of anilines is 1. The first-order valence-electron chi connectivity index (χ1n) is 12.3. The van der Waals surface area contributed by atoms with E-state index in [1.165, 1.54) is 18.4 Å². The number of hydrogen-bond donors (Lipinski definition) is 1. The van der Waals surface area contributed by atoms with Crippen molar-refractivity contribution in [3.05, 3.63) is 95.9 Å². The number of ether oxygens (including phenoxy) is 1. The lowest BCUT2D eigenvalue weighted by atomic mass is 9.97. The standard InChI is InChI=1S/C26H23F3N6O3S/c27-17-6-4-16(5-7-17)22-23(35-14-15-38-26(35)33-22)21-8-11-30-25(32-21)31-18-9-12-34(13-10-18)39(36,37)24-19(28)2-1-3-20(24)29/h1-8,11,14-15,18,22-23H,9-10,12-13H2,(H,30,31,32). The van der Waals surface area contributed by atoms with Crippen molar-refractivity contribution in [2.24, 2.45) is 4.99 Å². The van der Waals surface area contributed by atoms with Crippen LogP contribution in [0.25, 0.3) is 0 Å². The molecule has 0 saturated carbocycles. The number of aliphatic imine (C=N–C) groups is 1. The maximum absolute atomic E-state index is 14.2. The van der Waals surface area contributed by atoms with E-state index in [9.17, 15) is 21.6 Å². The van der Waals surface area contributed by atoms with E-state index < -0.39 is 26.6 Å². The molecule has 1 saturated heterocycles. The lowest BCUT2D eigenvalue weighted by molar-refractivity contribution is 0.325. The van der Waals surface area contributed by atoms with Crippen LogP contribution in [0.4, 0.5) is 19.1 Å². The van der Waals surface area contributed by atoms with E-state index in [4.69, 9.17) is 9.72 Å². The monoisotopic (exact) mass is 556 g/mol. The van der Waals surface area contributed by atoms with Crippen LogP contribution in [0.5, 0.6) is 0 Å². The van der Waals surface area contributed by atoms with Crippen LogP contribution >= 0.6 is 0 Å². The molecule has 202 valence electrons. The van der Waals surface area contributed by atoms with Crippen LogP contribution in [-0.2, 0) is 14.8 Å². The van der Waals surface area contributed by atoms with Crippen molar-refractivity contribution >= 4 is 22.0 Å². The third-order valence-corrected chi connectivity index (χ3v) is 8.91. The van der Waals surface area contributed by atoms with E-state index >= 15 is 0 Å². The van der Waals surface area contributed by atoms with Gasteiger partial charge >= 0.3 is 0 Å². The van der Waals surface area contributed by atoms with Crippen molar-refractivity contribution in [3.63, 3.8) is 0 Å². The summed E-state index contributed by atoms with van der Waals surface area (Å²) < 4.78 is 74.2. The Balaban J connectivity index is 1.17. The van der Waals surface area contributed by atoms with Crippen LogP contribution in [0.1, 0.15) is 36.2 Å². The molecule has 6 rings (SSSR count). The second-order valence-electron chi connectivity index (χ2n) is 9.34. The molecule has 2 atom stereocenters. The fourth-order valence-corrected chi connectivity index (χ4v) is 6.62. The Labute approximate surface area is 222 Å². The van der Waals surface area contributed by atoms with Gasteiger partial charge in [-0.05, 0) is 48.7 Å². The third-order valence-electron chi connectivity index (χ3n) is 6.96. The van der Waals surface area contributed by atoms with Crippen molar-refractivity contribution in [2.75, 3.05) is 18.4 Å². The number of hydrogen-bond acceptors (Lipinski definition) is 8. The van der Waals surface area contributed by atoms with Crippen LogP contribution < -0.4 is 5.32 Å².